The fraction of sp³-hybridized carbons (Fsp3) is 0.538. The van der Waals surface area contributed by atoms with Gasteiger partial charge in [0.05, 0.1) is 5.69 Å². The summed E-state index contributed by atoms with van der Waals surface area (Å²) in [5, 5.41) is 0.758. The quantitative estimate of drug-likeness (QED) is 0.475. The lowest BCUT2D eigenvalue weighted by Crippen LogP contribution is -2.48. The number of nitrogens with zero attached hydrogens (tertiary/aromatic N) is 5. The van der Waals surface area contributed by atoms with Crippen LogP contribution in [-0.4, -0.2) is 70.9 Å². The van der Waals surface area contributed by atoms with Gasteiger partial charge in [-0.3, -0.25) is 9.59 Å². The van der Waals surface area contributed by atoms with E-state index in [1.807, 2.05) is 34.1 Å². The first-order valence-electron chi connectivity index (χ1n) is 12.1. The van der Waals surface area contributed by atoms with Gasteiger partial charge in [-0.2, -0.15) is 0 Å². The highest BCUT2D eigenvalue weighted by molar-refractivity contribution is 7.98. The molecule has 34 heavy (non-hydrogen) atoms. The van der Waals surface area contributed by atoms with Crippen LogP contribution in [0.25, 0.3) is 0 Å². The van der Waals surface area contributed by atoms with Crippen LogP contribution < -0.4 is 4.90 Å². The molecule has 0 spiro atoms. The minimum Gasteiger partial charge on any atom is -0.353 e. The van der Waals surface area contributed by atoms with Crippen LogP contribution in [0.15, 0.2) is 35.5 Å². The number of carbonyl (C=O) groups is 2. The van der Waals surface area contributed by atoms with E-state index in [1.165, 1.54) is 0 Å². The molecule has 0 atom stereocenters. The van der Waals surface area contributed by atoms with E-state index in [0.717, 1.165) is 85.7 Å². The highest BCUT2D eigenvalue weighted by Gasteiger charge is 2.24. The van der Waals surface area contributed by atoms with Crippen molar-refractivity contribution < 1.29 is 9.59 Å². The average Bonchev–Trinajstić information content (AvgIpc) is 3.37. The minimum absolute atomic E-state index is 0.0915. The van der Waals surface area contributed by atoms with E-state index < -0.39 is 0 Å². The molecule has 0 unspecified atom stereocenters. The molecule has 7 nitrogen and oxygen atoms in total. The molecule has 0 radical (unpaired) electrons. The smallest absolute Gasteiger partial charge is 0.253 e. The third-order valence-corrected chi connectivity index (χ3v) is 7.39. The number of thioether (sulfide) groups is 1. The number of carbonyl (C=O) groups excluding carboxylic acids is 2. The fourth-order valence-corrected chi connectivity index (χ4v) is 5.08. The van der Waals surface area contributed by atoms with Gasteiger partial charge in [-0.25, -0.2) is 9.97 Å². The Morgan fingerprint density at radius 2 is 1.56 bits per heavy atom. The molecule has 4 rings (SSSR count). The molecule has 2 aromatic rings. The SMILES string of the molecule is CC(=O)N1CCN(c2cc(C(C)(C)C)nc(SCc3ccc(C(=O)N4CCCC4)cc3)n2)CC1. The van der Waals surface area contributed by atoms with Crippen LogP contribution in [0, 0.1) is 0 Å². The van der Waals surface area contributed by atoms with Gasteiger partial charge in [0.1, 0.15) is 5.82 Å². The standard InChI is InChI=1S/C26H35N5O2S/c1-19(32)29-13-15-30(16-14-29)23-17-22(26(2,3)4)27-25(28-23)34-18-20-7-9-21(10-8-20)24(33)31-11-5-6-12-31/h7-10,17H,5-6,11-16,18H2,1-4H3. The van der Waals surface area contributed by atoms with Crippen LogP contribution in [0.4, 0.5) is 5.82 Å². The van der Waals surface area contributed by atoms with Crippen molar-refractivity contribution in [1.29, 1.82) is 0 Å². The van der Waals surface area contributed by atoms with E-state index in [1.54, 1.807) is 18.7 Å². The predicted molar refractivity (Wildman–Crippen MR) is 136 cm³/mol. The number of aromatic nitrogens is 2. The molecule has 1 aromatic carbocycles. The summed E-state index contributed by atoms with van der Waals surface area (Å²) >= 11 is 1.62. The Kier molecular flexibility index (Phi) is 7.45. The van der Waals surface area contributed by atoms with Crippen LogP contribution in [0.1, 0.15) is 62.2 Å². The van der Waals surface area contributed by atoms with Crippen molar-refractivity contribution >= 4 is 29.4 Å². The highest BCUT2D eigenvalue weighted by Crippen LogP contribution is 2.29. The van der Waals surface area contributed by atoms with Crippen LogP contribution >= 0.6 is 11.8 Å². The van der Waals surface area contributed by atoms with E-state index in [0.29, 0.717) is 0 Å². The number of anilines is 1. The Balaban J connectivity index is 1.45. The maximum atomic E-state index is 12.6. The van der Waals surface area contributed by atoms with E-state index in [9.17, 15) is 9.59 Å². The molecule has 3 heterocycles. The second kappa shape index (κ2) is 10.3. The number of amides is 2. The van der Waals surface area contributed by atoms with Crippen LogP contribution in [0.2, 0.25) is 0 Å². The van der Waals surface area contributed by atoms with E-state index in [2.05, 4.69) is 31.7 Å². The largest absolute Gasteiger partial charge is 0.353 e. The lowest BCUT2D eigenvalue weighted by Gasteiger charge is -2.35. The lowest BCUT2D eigenvalue weighted by atomic mass is 9.92. The average molecular weight is 482 g/mol. The van der Waals surface area contributed by atoms with E-state index in [-0.39, 0.29) is 17.2 Å². The minimum atomic E-state index is -0.0915. The van der Waals surface area contributed by atoms with Crippen molar-refractivity contribution in [3.63, 3.8) is 0 Å². The van der Waals surface area contributed by atoms with Crippen molar-refractivity contribution in [3.8, 4) is 0 Å². The van der Waals surface area contributed by atoms with Crippen molar-refractivity contribution in [2.45, 2.75) is 56.9 Å². The molecule has 2 aliphatic rings. The third kappa shape index (κ3) is 5.90. The van der Waals surface area contributed by atoms with Crippen LogP contribution in [0.3, 0.4) is 0 Å². The van der Waals surface area contributed by atoms with Gasteiger partial charge in [0.15, 0.2) is 5.16 Å². The van der Waals surface area contributed by atoms with Gasteiger partial charge in [0.25, 0.3) is 5.91 Å². The Bertz CT molecular complexity index is 1020. The van der Waals surface area contributed by atoms with Crippen LogP contribution in [0.5, 0.6) is 0 Å². The molecular weight excluding hydrogens is 446 g/mol. The summed E-state index contributed by atoms with van der Waals surface area (Å²) < 4.78 is 0. The zero-order valence-corrected chi connectivity index (χ0v) is 21.5. The van der Waals surface area contributed by atoms with E-state index in [4.69, 9.17) is 9.97 Å². The molecule has 0 bridgehead atoms. The van der Waals surface area contributed by atoms with Gasteiger partial charge in [-0.15, -0.1) is 0 Å². The summed E-state index contributed by atoms with van der Waals surface area (Å²) in [5.74, 6) is 1.93. The Morgan fingerprint density at radius 1 is 0.912 bits per heavy atom. The molecule has 2 amide bonds. The number of benzene rings is 1. The monoisotopic (exact) mass is 481 g/mol. The van der Waals surface area contributed by atoms with Crippen molar-refractivity contribution in [2.24, 2.45) is 0 Å². The van der Waals surface area contributed by atoms with Gasteiger partial charge in [0, 0.05) is 69.0 Å². The fourth-order valence-electron chi connectivity index (χ4n) is 4.27. The van der Waals surface area contributed by atoms with Gasteiger partial charge < -0.3 is 14.7 Å². The lowest BCUT2D eigenvalue weighted by molar-refractivity contribution is -0.129. The Labute approximate surface area is 206 Å². The number of hydrogen-bond acceptors (Lipinski definition) is 6. The number of rotatable bonds is 5. The van der Waals surface area contributed by atoms with Gasteiger partial charge in [-0.05, 0) is 30.5 Å². The maximum Gasteiger partial charge on any atom is 0.253 e. The maximum absolute atomic E-state index is 12.6. The second-order valence-corrected chi connectivity index (χ2v) is 11.1. The van der Waals surface area contributed by atoms with Gasteiger partial charge in [-0.1, -0.05) is 44.7 Å². The molecule has 0 aliphatic carbocycles. The Morgan fingerprint density at radius 3 is 2.15 bits per heavy atom. The molecule has 8 heteroatoms. The summed E-state index contributed by atoms with van der Waals surface area (Å²) in [7, 11) is 0. The molecule has 2 saturated heterocycles. The summed E-state index contributed by atoms with van der Waals surface area (Å²) in [4.78, 5) is 40.1. The molecule has 2 fully saturated rings. The first-order valence-corrected chi connectivity index (χ1v) is 13.1. The third-order valence-electron chi connectivity index (χ3n) is 6.47. The van der Waals surface area contributed by atoms with Gasteiger partial charge in [0.2, 0.25) is 5.91 Å². The summed E-state index contributed by atoms with van der Waals surface area (Å²) in [5.41, 5.74) is 2.82. The van der Waals surface area contributed by atoms with Crippen molar-refractivity contribution in [3.05, 3.63) is 47.2 Å². The van der Waals surface area contributed by atoms with Gasteiger partial charge >= 0.3 is 0 Å². The number of hydrogen-bond donors (Lipinski definition) is 0. The number of piperazine rings is 1. The zero-order valence-electron chi connectivity index (χ0n) is 20.7. The van der Waals surface area contributed by atoms with Crippen molar-refractivity contribution in [1.82, 2.24) is 19.8 Å². The topological polar surface area (TPSA) is 69.6 Å². The van der Waals surface area contributed by atoms with Crippen molar-refractivity contribution in [2.75, 3.05) is 44.2 Å². The first kappa shape index (κ1) is 24.5. The molecule has 0 N–H and O–H groups in total. The normalized spacial score (nSPS) is 16.8. The summed E-state index contributed by atoms with van der Waals surface area (Å²) in [6, 6.07) is 10.0. The second-order valence-electron chi connectivity index (χ2n) is 10.1. The zero-order chi connectivity index (χ0) is 24.3. The van der Waals surface area contributed by atoms with E-state index >= 15 is 0 Å². The molecule has 2 aliphatic heterocycles. The molecular formula is C26H35N5O2S. The first-order chi connectivity index (χ1) is 16.2. The Hall–Kier alpha value is -2.61. The molecule has 1 aromatic heterocycles. The number of likely N-dealkylation sites (tertiary alicyclic amines) is 1. The molecule has 0 saturated carbocycles. The molecule has 182 valence electrons. The highest BCUT2D eigenvalue weighted by atomic mass is 32.2. The summed E-state index contributed by atoms with van der Waals surface area (Å²) in [6.45, 7) is 12.8. The summed E-state index contributed by atoms with van der Waals surface area (Å²) in [6.07, 6.45) is 2.20. The van der Waals surface area contributed by atoms with Crippen LogP contribution in [-0.2, 0) is 16.0 Å². The predicted octanol–water partition coefficient (Wildman–Crippen LogP) is 3.97.